The number of nitrogens with one attached hydrogen (secondary N) is 1. The zero-order chi connectivity index (χ0) is 22.3. The fourth-order valence-electron chi connectivity index (χ4n) is 3.48. The van der Waals surface area contributed by atoms with Crippen molar-refractivity contribution in [3.05, 3.63) is 60.2 Å². The topological polar surface area (TPSA) is 79.0 Å². The lowest BCUT2D eigenvalue weighted by atomic mass is 10.2. The summed E-state index contributed by atoms with van der Waals surface area (Å²) in [7, 11) is -3.64. The van der Waals surface area contributed by atoms with Gasteiger partial charge in [-0.15, -0.1) is 0 Å². The minimum Gasteiger partial charge on any atom is -0.378 e. The van der Waals surface area contributed by atoms with Crippen LogP contribution in [-0.2, 0) is 19.6 Å². The van der Waals surface area contributed by atoms with Crippen LogP contribution in [0, 0.1) is 0 Å². The minimum absolute atomic E-state index is 0.163. The van der Waals surface area contributed by atoms with Crippen LogP contribution in [0.5, 0.6) is 0 Å². The van der Waals surface area contributed by atoms with Crippen molar-refractivity contribution in [1.29, 1.82) is 0 Å². The number of hydrogen-bond donors (Lipinski definition) is 1. The first kappa shape index (κ1) is 23.0. The number of benzene rings is 2. The monoisotopic (exact) mass is 443 g/mol. The highest BCUT2D eigenvalue weighted by Gasteiger charge is 2.24. The van der Waals surface area contributed by atoms with Crippen molar-refractivity contribution in [1.82, 2.24) is 4.31 Å². The molecule has 7 nitrogen and oxygen atoms in total. The van der Waals surface area contributed by atoms with Crippen molar-refractivity contribution in [2.75, 3.05) is 49.6 Å². The zero-order valence-corrected chi connectivity index (χ0v) is 18.8. The molecule has 1 saturated heterocycles. The Morgan fingerprint density at radius 2 is 1.77 bits per heavy atom. The lowest BCUT2D eigenvalue weighted by molar-refractivity contribution is -0.111. The Morgan fingerprint density at radius 3 is 2.42 bits per heavy atom. The quantitative estimate of drug-likeness (QED) is 0.634. The summed E-state index contributed by atoms with van der Waals surface area (Å²) in [4.78, 5) is 14.9. The molecule has 3 rings (SSSR count). The average molecular weight is 444 g/mol. The van der Waals surface area contributed by atoms with E-state index < -0.39 is 10.0 Å². The van der Waals surface area contributed by atoms with Gasteiger partial charge >= 0.3 is 0 Å². The van der Waals surface area contributed by atoms with Gasteiger partial charge in [-0.25, -0.2) is 8.42 Å². The predicted molar refractivity (Wildman–Crippen MR) is 124 cm³/mol. The molecule has 8 heteroatoms. The third-order valence-electron chi connectivity index (χ3n) is 5.15. The van der Waals surface area contributed by atoms with E-state index >= 15 is 0 Å². The van der Waals surface area contributed by atoms with E-state index in [4.69, 9.17) is 4.74 Å². The number of rotatable bonds is 8. The number of amides is 1. The first-order chi connectivity index (χ1) is 15.0. The molecule has 1 aliphatic heterocycles. The summed E-state index contributed by atoms with van der Waals surface area (Å²) in [5.41, 5.74) is 2.16. The van der Waals surface area contributed by atoms with Crippen LogP contribution in [0.1, 0.15) is 19.4 Å². The number of hydrogen-bond acceptors (Lipinski definition) is 5. The fourth-order valence-corrected chi connectivity index (χ4v) is 4.96. The van der Waals surface area contributed by atoms with Gasteiger partial charge in [0.1, 0.15) is 0 Å². The van der Waals surface area contributed by atoms with Gasteiger partial charge < -0.3 is 15.0 Å². The second-order valence-electron chi connectivity index (χ2n) is 7.10. The Kier molecular flexibility index (Phi) is 7.84. The summed E-state index contributed by atoms with van der Waals surface area (Å²) in [5, 5.41) is 2.87. The number of nitrogens with zero attached hydrogens (tertiary/aromatic N) is 2. The van der Waals surface area contributed by atoms with Gasteiger partial charge in [-0.2, -0.15) is 4.31 Å². The van der Waals surface area contributed by atoms with Gasteiger partial charge in [0.05, 0.1) is 29.5 Å². The fraction of sp³-hybridized carbons (Fsp3) is 0.348. The first-order valence-electron chi connectivity index (χ1n) is 10.5. The zero-order valence-electron chi connectivity index (χ0n) is 18.0. The van der Waals surface area contributed by atoms with Crippen LogP contribution in [0.2, 0.25) is 0 Å². The second-order valence-corrected chi connectivity index (χ2v) is 9.04. The SMILES string of the molecule is CCN(CC)S(=O)(=O)c1ccc(N2CCOCC2)c(NC(=O)C=Cc2ccccc2)c1. The molecule has 0 bridgehead atoms. The van der Waals surface area contributed by atoms with Crippen LogP contribution < -0.4 is 10.2 Å². The summed E-state index contributed by atoms with van der Waals surface area (Å²) in [6.45, 7) is 6.88. The Balaban J connectivity index is 1.92. The minimum atomic E-state index is -3.64. The molecule has 1 heterocycles. The predicted octanol–water partition coefficient (Wildman–Crippen LogP) is 3.21. The van der Waals surface area contributed by atoms with Gasteiger partial charge in [0.15, 0.2) is 0 Å². The summed E-state index contributed by atoms with van der Waals surface area (Å²) in [6.07, 6.45) is 3.17. The smallest absolute Gasteiger partial charge is 0.248 e. The highest BCUT2D eigenvalue weighted by molar-refractivity contribution is 7.89. The van der Waals surface area contributed by atoms with E-state index in [0.717, 1.165) is 11.3 Å². The maximum atomic E-state index is 13.0. The molecule has 1 N–H and O–H groups in total. The second kappa shape index (κ2) is 10.6. The van der Waals surface area contributed by atoms with Crippen LogP contribution in [0.25, 0.3) is 6.08 Å². The van der Waals surface area contributed by atoms with Gasteiger partial charge in [0.25, 0.3) is 0 Å². The number of sulfonamides is 1. The van der Waals surface area contributed by atoms with E-state index in [1.807, 2.05) is 30.3 Å². The van der Waals surface area contributed by atoms with Crippen molar-refractivity contribution < 1.29 is 17.9 Å². The van der Waals surface area contributed by atoms with E-state index in [0.29, 0.717) is 45.1 Å². The number of carbonyl (C=O) groups excluding carboxylic acids is 1. The molecular weight excluding hydrogens is 414 g/mol. The third kappa shape index (κ3) is 5.72. The number of anilines is 2. The van der Waals surface area contributed by atoms with E-state index in [2.05, 4.69) is 10.2 Å². The first-order valence-corrected chi connectivity index (χ1v) is 11.9. The Labute approximate surface area is 184 Å². The van der Waals surface area contributed by atoms with Crippen molar-refractivity contribution in [2.45, 2.75) is 18.7 Å². The van der Waals surface area contributed by atoms with Gasteiger partial charge in [-0.1, -0.05) is 44.2 Å². The van der Waals surface area contributed by atoms with Crippen LogP contribution in [0.3, 0.4) is 0 Å². The van der Waals surface area contributed by atoms with Gasteiger partial charge in [0.2, 0.25) is 15.9 Å². The maximum Gasteiger partial charge on any atom is 0.248 e. The van der Waals surface area contributed by atoms with E-state index in [1.54, 1.807) is 38.1 Å². The van der Waals surface area contributed by atoms with Crippen LogP contribution >= 0.6 is 0 Å². The van der Waals surface area contributed by atoms with Crippen LogP contribution in [0.4, 0.5) is 11.4 Å². The third-order valence-corrected chi connectivity index (χ3v) is 7.19. The lowest BCUT2D eigenvalue weighted by Crippen LogP contribution is -2.37. The highest BCUT2D eigenvalue weighted by atomic mass is 32.2. The normalized spacial score (nSPS) is 14.9. The molecule has 166 valence electrons. The molecule has 1 aliphatic rings. The van der Waals surface area contributed by atoms with E-state index in [9.17, 15) is 13.2 Å². The largest absolute Gasteiger partial charge is 0.378 e. The van der Waals surface area contributed by atoms with E-state index in [-0.39, 0.29) is 10.8 Å². The van der Waals surface area contributed by atoms with Gasteiger partial charge in [0, 0.05) is 32.3 Å². The van der Waals surface area contributed by atoms with Crippen molar-refractivity contribution in [2.24, 2.45) is 0 Å². The Bertz CT molecular complexity index is 1010. The molecule has 0 aliphatic carbocycles. The highest BCUT2D eigenvalue weighted by Crippen LogP contribution is 2.31. The molecule has 0 radical (unpaired) electrons. The Hall–Kier alpha value is -2.68. The average Bonchev–Trinajstić information content (AvgIpc) is 2.79. The lowest BCUT2D eigenvalue weighted by Gasteiger charge is -2.31. The van der Waals surface area contributed by atoms with Crippen molar-refractivity contribution in [3.8, 4) is 0 Å². The molecule has 2 aromatic carbocycles. The Morgan fingerprint density at radius 1 is 1.10 bits per heavy atom. The molecule has 1 amide bonds. The van der Waals surface area contributed by atoms with Gasteiger partial charge in [-0.3, -0.25) is 4.79 Å². The van der Waals surface area contributed by atoms with Gasteiger partial charge in [-0.05, 0) is 29.8 Å². The summed E-state index contributed by atoms with van der Waals surface area (Å²) >= 11 is 0. The molecule has 0 atom stereocenters. The summed E-state index contributed by atoms with van der Waals surface area (Å²) in [5.74, 6) is -0.323. The summed E-state index contributed by atoms with van der Waals surface area (Å²) < 4.78 is 32.8. The van der Waals surface area contributed by atoms with Crippen molar-refractivity contribution >= 4 is 33.4 Å². The molecule has 0 spiro atoms. The molecular formula is C23H29N3O4S. The molecule has 31 heavy (non-hydrogen) atoms. The molecule has 0 unspecified atom stereocenters. The number of carbonyl (C=O) groups is 1. The standard InChI is InChI=1S/C23H29N3O4S/c1-3-26(4-2)31(28,29)20-11-12-22(25-14-16-30-17-15-25)21(18-20)24-23(27)13-10-19-8-6-5-7-9-19/h5-13,18H,3-4,14-17H2,1-2H3,(H,24,27). The molecule has 0 aromatic heterocycles. The van der Waals surface area contributed by atoms with Crippen LogP contribution in [0.15, 0.2) is 59.5 Å². The maximum absolute atomic E-state index is 13.0. The molecule has 2 aromatic rings. The molecule has 1 fully saturated rings. The number of ether oxygens (including phenoxy) is 1. The van der Waals surface area contributed by atoms with E-state index in [1.165, 1.54) is 10.4 Å². The number of morpholine rings is 1. The van der Waals surface area contributed by atoms with Crippen LogP contribution in [-0.4, -0.2) is 58.0 Å². The summed E-state index contributed by atoms with van der Waals surface area (Å²) in [6, 6.07) is 14.4. The van der Waals surface area contributed by atoms with Crippen molar-refractivity contribution in [3.63, 3.8) is 0 Å². The molecule has 0 saturated carbocycles.